The zero-order valence-corrected chi connectivity index (χ0v) is 19.7. The van der Waals surface area contributed by atoms with E-state index in [-0.39, 0.29) is 6.61 Å². The monoisotopic (exact) mass is 440 g/mol. The fourth-order valence-corrected chi connectivity index (χ4v) is 5.59. The molecular formula is C27H40N2O3. The molecule has 2 aromatic carbocycles. The standard InChI is InChI=1S/C27H40N2O3/c1-4-26(15-21-10-6-5-7-11-21)17-29(16-20(2)3)18-27(19-30,25(26)32)24(31)14-22-12-8-9-13-23(22)28/h5-13,20,24-25,30-32H,4,14-19,28H2,1-3H3/t24-,25-,26?,27?/m0/s1. The third kappa shape index (κ3) is 5.01. The Hall–Kier alpha value is -1.92. The molecule has 1 fully saturated rings. The molecule has 5 N–H and O–H groups in total. The number of piperidine rings is 1. The molecule has 0 amide bonds. The van der Waals surface area contributed by atoms with Crippen LogP contribution >= 0.6 is 0 Å². The van der Waals surface area contributed by atoms with Crippen LogP contribution in [-0.2, 0) is 12.8 Å². The van der Waals surface area contributed by atoms with Gasteiger partial charge in [-0.2, -0.15) is 0 Å². The van der Waals surface area contributed by atoms with Gasteiger partial charge in [-0.05, 0) is 36.0 Å². The van der Waals surface area contributed by atoms with Crippen LogP contribution < -0.4 is 5.73 Å². The Kier molecular flexibility index (Phi) is 7.99. The molecule has 1 saturated heterocycles. The summed E-state index contributed by atoms with van der Waals surface area (Å²) in [6.45, 7) is 8.22. The Morgan fingerprint density at radius 3 is 2.31 bits per heavy atom. The average molecular weight is 441 g/mol. The molecule has 0 bridgehead atoms. The van der Waals surface area contributed by atoms with Crippen LogP contribution in [0.1, 0.15) is 38.3 Å². The number of aliphatic hydroxyl groups excluding tert-OH is 3. The van der Waals surface area contributed by atoms with Crippen molar-refractivity contribution >= 4 is 5.69 Å². The quantitative estimate of drug-likeness (QED) is 0.450. The molecule has 0 saturated carbocycles. The van der Waals surface area contributed by atoms with Crippen LogP contribution in [0.15, 0.2) is 54.6 Å². The van der Waals surface area contributed by atoms with Gasteiger partial charge in [-0.1, -0.05) is 69.3 Å². The average Bonchev–Trinajstić information content (AvgIpc) is 2.77. The van der Waals surface area contributed by atoms with Gasteiger partial charge in [0.25, 0.3) is 0 Å². The van der Waals surface area contributed by atoms with Crippen LogP contribution in [0.25, 0.3) is 0 Å². The van der Waals surface area contributed by atoms with Crippen LogP contribution in [0.4, 0.5) is 5.69 Å². The summed E-state index contributed by atoms with van der Waals surface area (Å²) < 4.78 is 0. The highest BCUT2D eigenvalue weighted by Crippen LogP contribution is 2.47. The van der Waals surface area contributed by atoms with Crippen LogP contribution in [0.5, 0.6) is 0 Å². The first-order chi connectivity index (χ1) is 15.3. The maximum absolute atomic E-state index is 11.9. The summed E-state index contributed by atoms with van der Waals surface area (Å²) in [5.74, 6) is 0.440. The lowest BCUT2D eigenvalue weighted by Gasteiger charge is -2.57. The zero-order valence-electron chi connectivity index (χ0n) is 19.7. The van der Waals surface area contributed by atoms with Crippen molar-refractivity contribution in [1.82, 2.24) is 4.90 Å². The molecule has 3 rings (SSSR count). The predicted octanol–water partition coefficient (Wildman–Crippen LogP) is 3.12. The fourth-order valence-electron chi connectivity index (χ4n) is 5.59. The van der Waals surface area contributed by atoms with Gasteiger partial charge in [0.1, 0.15) is 0 Å². The van der Waals surface area contributed by atoms with Gasteiger partial charge in [0.05, 0.1) is 24.2 Å². The maximum atomic E-state index is 11.9. The topological polar surface area (TPSA) is 90.0 Å². The Bertz CT molecular complexity index is 859. The summed E-state index contributed by atoms with van der Waals surface area (Å²) in [6.07, 6.45) is -0.0375. The van der Waals surface area contributed by atoms with Gasteiger partial charge in [0.15, 0.2) is 0 Å². The molecule has 0 aliphatic carbocycles. The number of hydrogen-bond donors (Lipinski definition) is 4. The van der Waals surface area contributed by atoms with E-state index in [1.807, 2.05) is 42.5 Å². The molecule has 4 atom stereocenters. The second kappa shape index (κ2) is 10.3. The number of nitrogens with zero attached hydrogens (tertiary/aromatic N) is 1. The van der Waals surface area contributed by atoms with Gasteiger partial charge in [-0.25, -0.2) is 0 Å². The Morgan fingerprint density at radius 1 is 1.06 bits per heavy atom. The van der Waals surface area contributed by atoms with Crippen molar-refractivity contribution in [1.29, 1.82) is 0 Å². The number of aliphatic hydroxyl groups is 3. The largest absolute Gasteiger partial charge is 0.399 e. The van der Waals surface area contributed by atoms with Crippen molar-refractivity contribution in [3.8, 4) is 0 Å². The van der Waals surface area contributed by atoms with E-state index in [0.717, 1.165) is 30.6 Å². The van der Waals surface area contributed by atoms with Gasteiger partial charge in [-0.15, -0.1) is 0 Å². The number of nitrogens with two attached hydrogens (primary N) is 1. The molecule has 5 nitrogen and oxygen atoms in total. The van der Waals surface area contributed by atoms with Crippen LogP contribution in [0, 0.1) is 16.7 Å². The van der Waals surface area contributed by atoms with Crippen molar-refractivity contribution in [2.45, 2.75) is 52.2 Å². The van der Waals surface area contributed by atoms with Crippen molar-refractivity contribution in [2.75, 3.05) is 32.0 Å². The van der Waals surface area contributed by atoms with Crippen molar-refractivity contribution in [2.24, 2.45) is 16.7 Å². The van der Waals surface area contributed by atoms with E-state index in [0.29, 0.717) is 31.0 Å². The van der Waals surface area contributed by atoms with Gasteiger partial charge < -0.3 is 26.0 Å². The minimum Gasteiger partial charge on any atom is -0.399 e. The minimum absolute atomic E-state index is 0.285. The van der Waals surface area contributed by atoms with Crippen LogP contribution in [0.2, 0.25) is 0 Å². The first-order valence-electron chi connectivity index (χ1n) is 11.8. The normalized spacial score (nSPS) is 27.5. The second-order valence-corrected chi connectivity index (χ2v) is 10.2. The molecule has 1 aliphatic rings. The number of likely N-dealkylation sites (tertiary alicyclic amines) is 1. The van der Waals surface area contributed by atoms with Crippen molar-refractivity contribution < 1.29 is 15.3 Å². The molecule has 1 heterocycles. The molecule has 176 valence electrons. The van der Waals surface area contributed by atoms with E-state index in [1.54, 1.807) is 0 Å². The third-order valence-corrected chi connectivity index (χ3v) is 7.33. The maximum Gasteiger partial charge on any atom is 0.0727 e. The molecule has 0 radical (unpaired) electrons. The number of hydrogen-bond acceptors (Lipinski definition) is 5. The zero-order chi connectivity index (χ0) is 23.4. The summed E-state index contributed by atoms with van der Waals surface area (Å²) in [5.41, 5.74) is 7.24. The number of para-hydroxylation sites is 1. The molecule has 2 aromatic rings. The van der Waals surface area contributed by atoms with Crippen molar-refractivity contribution in [3.05, 3.63) is 65.7 Å². The molecule has 2 unspecified atom stereocenters. The van der Waals surface area contributed by atoms with Crippen molar-refractivity contribution in [3.63, 3.8) is 0 Å². The molecule has 1 aliphatic heterocycles. The summed E-state index contributed by atoms with van der Waals surface area (Å²) in [7, 11) is 0. The molecule has 0 aromatic heterocycles. The Balaban J connectivity index is 2.01. The number of rotatable bonds is 9. The first-order valence-corrected chi connectivity index (χ1v) is 11.8. The molecule has 5 heteroatoms. The fraction of sp³-hybridized carbons (Fsp3) is 0.556. The molecule has 0 spiro atoms. The summed E-state index contributed by atoms with van der Waals surface area (Å²) in [4.78, 5) is 2.33. The lowest BCUT2D eigenvalue weighted by atomic mass is 9.58. The predicted molar refractivity (Wildman–Crippen MR) is 130 cm³/mol. The Labute approximate surface area is 192 Å². The highest BCUT2D eigenvalue weighted by Gasteiger charge is 2.57. The second-order valence-electron chi connectivity index (χ2n) is 10.2. The molecular weight excluding hydrogens is 400 g/mol. The number of anilines is 1. The number of benzene rings is 2. The third-order valence-electron chi connectivity index (χ3n) is 7.33. The highest BCUT2D eigenvalue weighted by atomic mass is 16.3. The van der Waals surface area contributed by atoms with Crippen LogP contribution in [-0.4, -0.2) is 58.7 Å². The van der Waals surface area contributed by atoms with Gasteiger partial charge in [0, 0.05) is 37.2 Å². The van der Waals surface area contributed by atoms with E-state index < -0.39 is 23.0 Å². The summed E-state index contributed by atoms with van der Waals surface area (Å²) in [6, 6.07) is 17.7. The van der Waals surface area contributed by atoms with Gasteiger partial charge in [-0.3, -0.25) is 0 Å². The first kappa shape index (κ1) is 24.7. The van der Waals surface area contributed by atoms with E-state index >= 15 is 0 Å². The van der Waals surface area contributed by atoms with E-state index in [9.17, 15) is 15.3 Å². The minimum atomic E-state index is -1.06. The molecule has 32 heavy (non-hydrogen) atoms. The lowest BCUT2D eigenvalue weighted by Crippen LogP contribution is -2.68. The van der Waals surface area contributed by atoms with Gasteiger partial charge >= 0.3 is 0 Å². The smallest absolute Gasteiger partial charge is 0.0727 e. The lowest BCUT2D eigenvalue weighted by molar-refractivity contribution is -0.196. The summed E-state index contributed by atoms with van der Waals surface area (Å²) >= 11 is 0. The SMILES string of the molecule is CCC1(Cc2ccccc2)CN(CC(C)C)CC(CO)([C@@H](O)Cc2ccccc2N)[C@H]1O. The summed E-state index contributed by atoms with van der Waals surface area (Å²) in [5, 5.41) is 34.1. The number of nitrogen functional groups attached to an aromatic ring is 1. The van der Waals surface area contributed by atoms with Gasteiger partial charge in [0.2, 0.25) is 0 Å². The highest BCUT2D eigenvalue weighted by molar-refractivity contribution is 5.46. The van der Waals surface area contributed by atoms with E-state index in [2.05, 4.69) is 37.8 Å². The Morgan fingerprint density at radius 2 is 1.72 bits per heavy atom. The van der Waals surface area contributed by atoms with E-state index in [4.69, 9.17) is 5.73 Å². The van der Waals surface area contributed by atoms with E-state index in [1.165, 1.54) is 0 Å². The van der Waals surface area contributed by atoms with Crippen LogP contribution in [0.3, 0.4) is 0 Å².